The van der Waals surface area contributed by atoms with Crippen LogP contribution in [0.3, 0.4) is 0 Å². The molecule has 0 spiro atoms. The molecule has 2 aliphatic heterocycles. The maximum Gasteiger partial charge on any atom is 0.164 e. The number of rotatable bonds is 3. The van der Waals surface area contributed by atoms with Crippen molar-refractivity contribution in [3.05, 3.63) is 0 Å². The van der Waals surface area contributed by atoms with Crippen LogP contribution >= 0.6 is 0 Å². The van der Waals surface area contributed by atoms with Gasteiger partial charge in [-0.05, 0) is 27.7 Å². The quantitative estimate of drug-likeness (QED) is 0.698. The van der Waals surface area contributed by atoms with E-state index in [1.54, 1.807) is 27.7 Å². The summed E-state index contributed by atoms with van der Waals surface area (Å²) in [4.78, 5) is 0. The molecule has 2 fully saturated rings. The van der Waals surface area contributed by atoms with E-state index in [1.807, 2.05) is 0 Å². The lowest BCUT2D eigenvalue weighted by atomic mass is 10.0. The van der Waals surface area contributed by atoms with Gasteiger partial charge in [0.15, 0.2) is 11.6 Å². The molecule has 6 nitrogen and oxygen atoms in total. The van der Waals surface area contributed by atoms with Crippen LogP contribution in [0, 0.1) is 0 Å². The third-order valence-corrected chi connectivity index (χ3v) is 2.99. The van der Waals surface area contributed by atoms with Crippen molar-refractivity contribution in [3.63, 3.8) is 0 Å². The van der Waals surface area contributed by atoms with Crippen LogP contribution in [0.4, 0.5) is 0 Å². The monoisotopic (exact) mass is 262 g/mol. The first-order valence-corrected chi connectivity index (χ1v) is 6.20. The van der Waals surface area contributed by atoms with Crippen LogP contribution in [0.5, 0.6) is 0 Å². The number of aliphatic hydroxyl groups is 2. The molecule has 4 atom stereocenters. The Hall–Kier alpha value is -0.240. The molecule has 0 saturated carbocycles. The molecule has 2 heterocycles. The highest BCUT2D eigenvalue weighted by molar-refractivity contribution is 4.95. The van der Waals surface area contributed by atoms with Gasteiger partial charge in [-0.15, -0.1) is 0 Å². The van der Waals surface area contributed by atoms with Crippen molar-refractivity contribution >= 4 is 0 Å². The fourth-order valence-electron chi connectivity index (χ4n) is 2.43. The normalized spacial score (nSPS) is 39.7. The Kier molecular flexibility index (Phi) is 3.70. The molecule has 0 amide bonds. The Morgan fingerprint density at radius 2 is 1.89 bits per heavy atom. The zero-order chi connectivity index (χ0) is 13.6. The zero-order valence-electron chi connectivity index (χ0n) is 11.3. The van der Waals surface area contributed by atoms with E-state index in [1.165, 1.54) is 0 Å². The molecule has 2 aliphatic rings. The summed E-state index contributed by atoms with van der Waals surface area (Å²) in [5, 5.41) is 19.0. The van der Waals surface area contributed by atoms with Gasteiger partial charge in [-0.3, -0.25) is 0 Å². The van der Waals surface area contributed by atoms with Crippen molar-refractivity contribution in [2.24, 2.45) is 0 Å². The van der Waals surface area contributed by atoms with Crippen LogP contribution in [0.15, 0.2) is 0 Å². The topological polar surface area (TPSA) is 77.4 Å². The van der Waals surface area contributed by atoms with E-state index in [9.17, 15) is 10.2 Å². The number of ether oxygens (including phenoxy) is 4. The smallest absolute Gasteiger partial charge is 0.164 e. The minimum absolute atomic E-state index is 0.129. The summed E-state index contributed by atoms with van der Waals surface area (Å²) in [6.45, 7) is 6.86. The second-order valence-electron chi connectivity index (χ2n) is 5.72. The predicted octanol–water partition coefficient (Wildman–Crippen LogP) is 0.0112. The molecule has 18 heavy (non-hydrogen) atoms. The van der Waals surface area contributed by atoms with Crippen molar-refractivity contribution < 1.29 is 29.2 Å². The van der Waals surface area contributed by atoms with Crippen LogP contribution < -0.4 is 0 Å². The summed E-state index contributed by atoms with van der Waals surface area (Å²) in [5.41, 5.74) is 0. The average molecular weight is 262 g/mol. The molecular weight excluding hydrogens is 240 g/mol. The molecule has 2 rings (SSSR count). The molecule has 0 bridgehead atoms. The van der Waals surface area contributed by atoms with Gasteiger partial charge in [-0.1, -0.05) is 0 Å². The SMILES string of the molecule is CC(C)(O)O[C@H]1COC(CO)[C@@H]2OC(C)(C)O[C@H]12. The maximum atomic E-state index is 9.72. The van der Waals surface area contributed by atoms with E-state index in [0.29, 0.717) is 0 Å². The summed E-state index contributed by atoms with van der Waals surface area (Å²) < 4.78 is 22.6. The van der Waals surface area contributed by atoms with Gasteiger partial charge in [-0.2, -0.15) is 0 Å². The number of hydrogen-bond donors (Lipinski definition) is 2. The second-order valence-corrected chi connectivity index (χ2v) is 5.72. The zero-order valence-corrected chi connectivity index (χ0v) is 11.3. The van der Waals surface area contributed by atoms with Gasteiger partial charge in [0, 0.05) is 0 Å². The van der Waals surface area contributed by atoms with Gasteiger partial charge in [0.1, 0.15) is 24.4 Å². The molecule has 6 heteroatoms. The summed E-state index contributed by atoms with van der Waals surface area (Å²) >= 11 is 0. The molecule has 2 saturated heterocycles. The fraction of sp³-hybridized carbons (Fsp3) is 1.00. The second kappa shape index (κ2) is 4.70. The highest BCUT2D eigenvalue weighted by atomic mass is 16.8. The van der Waals surface area contributed by atoms with E-state index >= 15 is 0 Å². The van der Waals surface area contributed by atoms with E-state index in [2.05, 4.69) is 0 Å². The Labute approximate surface area is 107 Å². The lowest BCUT2D eigenvalue weighted by Crippen LogP contribution is -2.55. The molecule has 0 aliphatic carbocycles. The van der Waals surface area contributed by atoms with Crippen molar-refractivity contribution in [3.8, 4) is 0 Å². The molecule has 2 N–H and O–H groups in total. The number of aliphatic hydroxyl groups excluding tert-OH is 1. The standard InChI is InChI=1S/C12H22O6/c1-11(2,14)16-8-6-15-7(5-13)9-10(8)18-12(3,4)17-9/h7-10,13-14H,5-6H2,1-4H3/t7?,8-,9-,10+/m0/s1. The van der Waals surface area contributed by atoms with Gasteiger partial charge in [0.2, 0.25) is 0 Å². The van der Waals surface area contributed by atoms with E-state index in [4.69, 9.17) is 18.9 Å². The van der Waals surface area contributed by atoms with Crippen molar-refractivity contribution in [1.29, 1.82) is 0 Å². The molecule has 0 aromatic heterocycles. The summed E-state index contributed by atoms with van der Waals surface area (Å²) in [7, 11) is 0. The Morgan fingerprint density at radius 1 is 1.28 bits per heavy atom. The molecule has 106 valence electrons. The van der Waals surface area contributed by atoms with Gasteiger partial charge >= 0.3 is 0 Å². The highest BCUT2D eigenvalue weighted by Gasteiger charge is 2.53. The summed E-state index contributed by atoms with van der Waals surface area (Å²) in [6, 6.07) is 0. The molecule has 0 radical (unpaired) electrons. The Balaban J connectivity index is 2.12. The van der Waals surface area contributed by atoms with Crippen LogP contribution in [0.25, 0.3) is 0 Å². The molecule has 0 aromatic carbocycles. The minimum Gasteiger partial charge on any atom is -0.394 e. The summed E-state index contributed by atoms with van der Waals surface area (Å²) in [6.07, 6.45) is -1.57. The molecule has 1 unspecified atom stereocenters. The number of hydrogen-bond acceptors (Lipinski definition) is 6. The van der Waals surface area contributed by atoms with Crippen molar-refractivity contribution in [2.75, 3.05) is 13.2 Å². The molecule has 0 aromatic rings. The number of fused-ring (bicyclic) bond motifs is 1. The third kappa shape index (κ3) is 3.01. The van der Waals surface area contributed by atoms with Gasteiger partial charge in [0.25, 0.3) is 0 Å². The van der Waals surface area contributed by atoms with Crippen LogP contribution in [0.2, 0.25) is 0 Å². The van der Waals surface area contributed by atoms with Gasteiger partial charge in [0.05, 0.1) is 13.2 Å². The summed E-state index contributed by atoms with van der Waals surface area (Å²) in [5.74, 6) is -2.00. The fourth-order valence-corrected chi connectivity index (χ4v) is 2.43. The highest BCUT2D eigenvalue weighted by Crippen LogP contribution is 2.37. The van der Waals surface area contributed by atoms with Crippen LogP contribution in [-0.2, 0) is 18.9 Å². The molecular formula is C12H22O6. The van der Waals surface area contributed by atoms with E-state index < -0.39 is 23.8 Å². The minimum atomic E-state index is -1.26. The van der Waals surface area contributed by atoms with Crippen LogP contribution in [0.1, 0.15) is 27.7 Å². The Morgan fingerprint density at radius 3 is 2.44 bits per heavy atom. The first-order chi connectivity index (χ1) is 8.22. The van der Waals surface area contributed by atoms with Gasteiger partial charge in [-0.25, -0.2) is 0 Å². The largest absolute Gasteiger partial charge is 0.394 e. The van der Waals surface area contributed by atoms with Crippen LogP contribution in [-0.4, -0.2) is 59.4 Å². The van der Waals surface area contributed by atoms with E-state index in [-0.39, 0.29) is 25.4 Å². The Bertz CT molecular complexity index is 297. The van der Waals surface area contributed by atoms with Gasteiger partial charge < -0.3 is 29.2 Å². The lowest BCUT2D eigenvalue weighted by molar-refractivity contribution is -0.262. The van der Waals surface area contributed by atoms with Crippen molar-refractivity contribution in [1.82, 2.24) is 0 Å². The first kappa shape index (κ1) is 14.2. The predicted molar refractivity (Wildman–Crippen MR) is 61.8 cm³/mol. The van der Waals surface area contributed by atoms with Crippen molar-refractivity contribution in [2.45, 2.75) is 63.7 Å². The first-order valence-electron chi connectivity index (χ1n) is 6.20. The average Bonchev–Trinajstić information content (AvgIpc) is 2.52. The maximum absolute atomic E-state index is 9.72. The van der Waals surface area contributed by atoms with E-state index in [0.717, 1.165) is 0 Å². The third-order valence-electron chi connectivity index (χ3n) is 2.99. The lowest BCUT2D eigenvalue weighted by Gasteiger charge is -2.38.